The summed E-state index contributed by atoms with van der Waals surface area (Å²) < 4.78 is 1.88. The van der Waals surface area contributed by atoms with E-state index in [0.29, 0.717) is 12.2 Å². The Hall–Kier alpha value is -3.47. The van der Waals surface area contributed by atoms with Gasteiger partial charge >= 0.3 is 0 Å². The van der Waals surface area contributed by atoms with Crippen LogP contribution in [0.3, 0.4) is 0 Å². The van der Waals surface area contributed by atoms with E-state index in [4.69, 9.17) is 0 Å². The molecule has 2 aromatic carbocycles. The molecule has 0 saturated heterocycles. The Morgan fingerprint density at radius 3 is 2.73 bits per heavy atom. The van der Waals surface area contributed by atoms with Crippen molar-refractivity contribution in [2.75, 3.05) is 5.32 Å². The lowest BCUT2D eigenvalue weighted by atomic mass is 10.1. The Kier molecular flexibility index (Phi) is 4.19. The Morgan fingerprint density at radius 2 is 1.96 bits per heavy atom. The lowest BCUT2D eigenvalue weighted by molar-refractivity contribution is -0.115. The van der Waals surface area contributed by atoms with Crippen molar-refractivity contribution in [3.8, 4) is 11.3 Å². The van der Waals surface area contributed by atoms with E-state index >= 15 is 0 Å². The summed E-state index contributed by atoms with van der Waals surface area (Å²) in [6.45, 7) is 2.02. The van der Waals surface area contributed by atoms with Crippen molar-refractivity contribution in [2.45, 2.75) is 13.3 Å². The van der Waals surface area contributed by atoms with E-state index in [1.54, 1.807) is 6.20 Å². The zero-order valence-corrected chi connectivity index (χ0v) is 14.4. The molecule has 5 nitrogen and oxygen atoms in total. The standard InChI is InChI=1S/C21H18N4O/c1-15-4-2-5-16(12-15)13-20(26)23-18-8-6-17(7-9-18)19-14-25-11-3-10-22-21(25)24-19/h2-12,14H,13H2,1H3,(H,23,26). The van der Waals surface area contributed by atoms with Gasteiger partial charge in [0.2, 0.25) is 11.7 Å². The molecular weight excluding hydrogens is 324 g/mol. The average Bonchev–Trinajstić information content (AvgIpc) is 3.06. The van der Waals surface area contributed by atoms with Gasteiger partial charge < -0.3 is 5.32 Å². The number of nitrogens with zero attached hydrogens (tertiary/aromatic N) is 3. The number of aryl methyl sites for hydroxylation is 1. The van der Waals surface area contributed by atoms with Crippen LogP contribution in [-0.4, -0.2) is 20.3 Å². The van der Waals surface area contributed by atoms with Crippen molar-refractivity contribution in [3.63, 3.8) is 0 Å². The predicted molar refractivity (Wildman–Crippen MR) is 102 cm³/mol. The molecule has 2 aromatic heterocycles. The summed E-state index contributed by atoms with van der Waals surface area (Å²) in [5.41, 5.74) is 4.76. The molecule has 26 heavy (non-hydrogen) atoms. The van der Waals surface area contributed by atoms with Crippen LogP contribution in [0.15, 0.2) is 73.2 Å². The molecule has 4 rings (SSSR count). The van der Waals surface area contributed by atoms with Crippen molar-refractivity contribution >= 4 is 17.4 Å². The number of carbonyl (C=O) groups excluding carboxylic acids is 1. The van der Waals surface area contributed by atoms with E-state index < -0.39 is 0 Å². The first-order chi connectivity index (χ1) is 12.7. The maximum atomic E-state index is 12.2. The van der Waals surface area contributed by atoms with E-state index in [0.717, 1.165) is 28.1 Å². The zero-order chi connectivity index (χ0) is 17.9. The van der Waals surface area contributed by atoms with Crippen LogP contribution in [0.4, 0.5) is 5.69 Å². The highest BCUT2D eigenvalue weighted by Crippen LogP contribution is 2.21. The van der Waals surface area contributed by atoms with Crippen molar-refractivity contribution in [2.24, 2.45) is 0 Å². The second kappa shape index (κ2) is 6.80. The molecule has 5 heteroatoms. The van der Waals surface area contributed by atoms with Crippen LogP contribution in [0.5, 0.6) is 0 Å². The predicted octanol–water partition coefficient (Wildman–Crippen LogP) is 3.89. The summed E-state index contributed by atoms with van der Waals surface area (Å²) in [6.07, 6.45) is 5.94. The molecule has 0 bridgehead atoms. The Morgan fingerprint density at radius 1 is 1.12 bits per heavy atom. The zero-order valence-electron chi connectivity index (χ0n) is 14.4. The number of benzene rings is 2. The van der Waals surface area contributed by atoms with E-state index in [2.05, 4.69) is 15.3 Å². The van der Waals surface area contributed by atoms with Crippen LogP contribution in [0.25, 0.3) is 17.0 Å². The molecule has 0 aliphatic heterocycles. The number of hydrogen-bond acceptors (Lipinski definition) is 3. The number of nitrogens with one attached hydrogen (secondary N) is 1. The number of fused-ring (bicyclic) bond motifs is 1. The summed E-state index contributed by atoms with van der Waals surface area (Å²) >= 11 is 0. The second-order valence-electron chi connectivity index (χ2n) is 6.24. The van der Waals surface area contributed by atoms with Crippen LogP contribution in [0.2, 0.25) is 0 Å². The Balaban J connectivity index is 1.46. The molecule has 0 spiro atoms. The molecule has 0 saturated carbocycles. The lowest BCUT2D eigenvalue weighted by Crippen LogP contribution is -2.14. The molecule has 0 aliphatic carbocycles. The highest BCUT2D eigenvalue weighted by molar-refractivity contribution is 5.92. The minimum Gasteiger partial charge on any atom is -0.326 e. The third kappa shape index (κ3) is 3.47. The monoisotopic (exact) mass is 342 g/mol. The molecule has 0 atom stereocenters. The van der Waals surface area contributed by atoms with Gasteiger partial charge in [-0.15, -0.1) is 0 Å². The number of amides is 1. The molecule has 0 fully saturated rings. The van der Waals surface area contributed by atoms with Crippen LogP contribution in [0.1, 0.15) is 11.1 Å². The summed E-state index contributed by atoms with van der Waals surface area (Å²) in [7, 11) is 0. The molecular formula is C21H18N4O. The fourth-order valence-electron chi connectivity index (χ4n) is 2.91. The summed E-state index contributed by atoms with van der Waals surface area (Å²) in [6, 6.07) is 17.5. The minimum absolute atomic E-state index is 0.0275. The van der Waals surface area contributed by atoms with Gasteiger partial charge in [-0.1, -0.05) is 42.0 Å². The quantitative estimate of drug-likeness (QED) is 0.612. The van der Waals surface area contributed by atoms with Gasteiger partial charge in [0, 0.05) is 29.8 Å². The highest BCUT2D eigenvalue weighted by atomic mass is 16.1. The first kappa shape index (κ1) is 16.0. The van der Waals surface area contributed by atoms with E-state index in [9.17, 15) is 4.79 Å². The first-order valence-corrected chi connectivity index (χ1v) is 8.43. The highest BCUT2D eigenvalue weighted by Gasteiger charge is 2.07. The topological polar surface area (TPSA) is 59.3 Å². The summed E-state index contributed by atoms with van der Waals surface area (Å²) in [5, 5.41) is 2.94. The summed E-state index contributed by atoms with van der Waals surface area (Å²) in [5.74, 6) is 0.637. The number of imidazole rings is 1. The van der Waals surface area contributed by atoms with Gasteiger partial charge in [0.25, 0.3) is 0 Å². The molecule has 2 heterocycles. The van der Waals surface area contributed by atoms with Crippen molar-refractivity contribution in [1.82, 2.24) is 14.4 Å². The van der Waals surface area contributed by atoms with E-state index in [-0.39, 0.29) is 5.91 Å². The third-order valence-corrected chi connectivity index (χ3v) is 4.15. The molecule has 0 radical (unpaired) electrons. The second-order valence-corrected chi connectivity index (χ2v) is 6.24. The van der Waals surface area contributed by atoms with Crippen molar-refractivity contribution in [1.29, 1.82) is 0 Å². The van der Waals surface area contributed by atoms with Gasteiger partial charge in [-0.2, -0.15) is 0 Å². The summed E-state index contributed by atoms with van der Waals surface area (Å²) in [4.78, 5) is 21.0. The van der Waals surface area contributed by atoms with Gasteiger partial charge in [-0.25, -0.2) is 9.97 Å². The SMILES string of the molecule is Cc1cccc(CC(=O)Nc2ccc(-c3cn4cccnc4n3)cc2)c1. The van der Waals surface area contributed by atoms with Crippen LogP contribution < -0.4 is 5.32 Å². The normalized spacial score (nSPS) is 10.8. The molecule has 1 N–H and O–H groups in total. The number of aromatic nitrogens is 3. The van der Waals surface area contributed by atoms with Gasteiger partial charge in [0.15, 0.2) is 0 Å². The van der Waals surface area contributed by atoms with Gasteiger partial charge in [-0.3, -0.25) is 9.20 Å². The number of hydrogen-bond donors (Lipinski definition) is 1. The number of carbonyl (C=O) groups is 1. The fourth-order valence-corrected chi connectivity index (χ4v) is 2.91. The van der Waals surface area contributed by atoms with Crippen LogP contribution in [-0.2, 0) is 11.2 Å². The molecule has 0 unspecified atom stereocenters. The van der Waals surface area contributed by atoms with Crippen molar-refractivity contribution < 1.29 is 4.79 Å². The van der Waals surface area contributed by atoms with Gasteiger partial charge in [-0.05, 0) is 30.7 Å². The molecule has 1 amide bonds. The Labute approximate surface area is 151 Å². The maximum Gasteiger partial charge on any atom is 0.234 e. The molecule has 128 valence electrons. The largest absolute Gasteiger partial charge is 0.326 e. The van der Waals surface area contributed by atoms with Crippen molar-refractivity contribution in [3.05, 3.63) is 84.3 Å². The van der Waals surface area contributed by atoms with Gasteiger partial charge in [0.1, 0.15) is 0 Å². The van der Waals surface area contributed by atoms with E-state index in [1.807, 2.05) is 78.3 Å². The number of rotatable bonds is 4. The fraction of sp³-hybridized carbons (Fsp3) is 0.0952. The minimum atomic E-state index is -0.0275. The third-order valence-electron chi connectivity index (χ3n) is 4.15. The number of anilines is 1. The smallest absolute Gasteiger partial charge is 0.234 e. The van der Waals surface area contributed by atoms with Crippen LogP contribution in [0, 0.1) is 6.92 Å². The lowest BCUT2D eigenvalue weighted by Gasteiger charge is -2.06. The Bertz CT molecular complexity index is 1030. The van der Waals surface area contributed by atoms with E-state index in [1.165, 1.54) is 0 Å². The molecule has 4 aromatic rings. The maximum absolute atomic E-state index is 12.2. The molecule has 0 aliphatic rings. The average molecular weight is 342 g/mol. The first-order valence-electron chi connectivity index (χ1n) is 8.43. The van der Waals surface area contributed by atoms with Crippen LogP contribution >= 0.6 is 0 Å². The van der Waals surface area contributed by atoms with Gasteiger partial charge in [0.05, 0.1) is 12.1 Å².